The van der Waals surface area contributed by atoms with Gasteiger partial charge in [0.05, 0.1) is 29.5 Å². The summed E-state index contributed by atoms with van der Waals surface area (Å²) in [6.07, 6.45) is -4.55. The number of carbonyl (C=O) groups excluding carboxylic acids is 2. The molecule has 0 saturated heterocycles. The second-order valence-corrected chi connectivity index (χ2v) is 6.89. The third-order valence-corrected chi connectivity index (χ3v) is 4.81. The summed E-state index contributed by atoms with van der Waals surface area (Å²) in [7, 11) is 1.39. The summed E-state index contributed by atoms with van der Waals surface area (Å²) >= 11 is 0. The van der Waals surface area contributed by atoms with Crippen LogP contribution in [0.15, 0.2) is 59.8 Å². The number of hydrogen-bond acceptors (Lipinski definition) is 4. The maximum Gasteiger partial charge on any atom is 0.416 e. The molecule has 3 rings (SSSR count). The zero-order valence-corrected chi connectivity index (χ0v) is 17.2. The van der Waals surface area contributed by atoms with Gasteiger partial charge in [-0.05, 0) is 42.8 Å². The Kier molecular flexibility index (Phi) is 6.71. The molecule has 1 aliphatic heterocycles. The van der Waals surface area contributed by atoms with E-state index in [1.165, 1.54) is 43.4 Å². The van der Waals surface area contributed by atoms with Crippen LogP contribution in [0.2, 0.25) is 0 Å². The molecule has 2 aromatic carbocycles. The second kappa shape index (κ2) is 9.29. The van der Waals surface area contributed by atoms with Gasteiger partial charge in [-0.1, -0.05) is 18.2 Å². The zero-order chi connectivity index (χ0) is 23.5. The lowest BCUT2D eigenvalue weighted by Gasteiger charge is -2.34. The molecular formula is C22H20F4N2O4. The molecule has 6 nitrogen and oxygen atoms in total. The monoisotopic (exact) mass is 452 g/mol. The number of esters is 1. The van der Waals surface area contributed by atoms with Crippen LogP contribution in [0.3, 0.4) is 0 Å². The van der Waals surface area contributed by atoms with E-state index < -0.39 is 35.6 Å². The predicted octanol–water partition coefficient (Wildman–Crippen LogP) is 4.44. The van der Waals surface area contributed by atoms with E-state index in [-0.39, 0.29) is 30.2 Å². The van der Waals surface area contributed by atoms with E-state index in [0.717, 1.165) is 17.0 Å². The van der Waals surface area contributed by atoms with Crippen molar-refractivity contribution in [3.8, 4) is 5.75 Å². The van der Waals surface area contributed by atoms with Crippen molar-refractivity contribution >= 4 is 12.0 Å². The van der Waals surface area contributed by atoms with E-state index in [0.29, 0.717) is 5.56 Å². The van der Waals surface area contributed by atoms with Gasteiger partial charge in [-0.3, -0.25) is 4.90 Å². The van der Waals surface area contributed by atoms with Crippen LogP contribution in [0, 0.1) is 5.82 Å². The first-order chi connectivity index (χ1) is 15.1. The number of nitrogens with zero attached hydrogens (tertiary/aromatic N) is 1. The third-order valence-electron chi connectivity index (χ3n) is 4.81. The van der Waals surface area contributed by atoms with Crippen molar-refractivity contribution in [2.24, 2.45) is 0 Å². The number of alkyl halides is 3. The minimum absolute atomic E-state index is 0.0348. The number of urea groups is 1. The molecule has 0 radical (unpaired) electrons. The fourth-order valence-electron chi connectivity index (χ4n) is 3.20. The Hall–Kier alpha value is -3.56. The first kappa shape index (κ1) is 23.1. The van der Waals surface area contributed by atoms with Crippen LogP contribution in [0.25, 0.3) is 0 Å². The van der Waals surface area contributed by atoms with Gasteiger partial charge in [-0.25, -0.2) is 14.0 Å². The van der Waals surface area contributed by atoms with E-state index in [9.17, 15) is 27.2 Å². The highest BCUT2D eigenvalue weighted by atomic mass is 19.4. The summed E-state index contributed by atoms with van der Waals surface area (Å²) in [6, 6.07) is 7.91. The number of halogens is 4. The summed E-state index contributed by atoms with van der Waals surface area (Å²) in [5.74, 6) is -1.33. The largest absolute Gasteiger partial charge is 0.487 e. The molecular weight excluding hydrogens is 432 g/mol. The maximum absolute atomic E-state index is 13.4. The van der Waals surface area contributed by atoms with Crippen LogP contribution < -0.4 is 10.1 Å². The number of amides is 2. The number of hydrogen-bond donors (Lipinski definition) is 1. The molecule has 1 N–H and O–H groups in total. The lowest BCUT2D eigenvalue weighted by molar-refractivity contribution is -0.139. The molecule has 1 aliphatic rings. The SMILES string of the molecule is CCOC(=O)C1=C(COc2cccc(C(F)(F)F)c2)N(C)C(=O)N[C@H]1c1ccc(F)cc1. The van der Waals surface area contributed by atoms with E-state index >= 15 is 0 Å². The Morgan fingerprint density at radius 3 is 2.47 bits per heavy atom. The zero-order valence-electron chi connectivity index (χ0n) is 17.2. The number of ether oxygens (including phenoxy) is 2. The first-order valence-electron chi connectivity index (χ1n) is 9.61. The molecule has 2 amide bonds. The molecule has 0 aliphatic carbocycles. The molecule has 1 heterocycles. The van der Waals surface area contributed by atoms with E-state index in [1.54, 1.807) is 6.92 Å². The molecule has 0 unspecified atom stereocenters. The Morgan fingerprint density at radius 2 is 1.84 bits per heavy atom. The second-order valence-electron chi connectivity index (χ2n) is 6.89. The van der Waals surface area contributed by atoms with Crippen molar-refractivity contribution in [1.82, 2.24) is 10.2 Å². The van der Waals surface area contributed by atoms with E-state index in [2.05, 4.69) is 5.32 Å². The van der Waals surface area contributed by atoms with Gasteiger partial charge in [0, 0.05) is 7.05 Å². The molecule has 0 spiro atoms. The van der Waals surface area contributed by atoms with E-state index in [4.69, 9.17) is 9.47 Å². The Bertz CT molecular complexity index is 1030. The molecule has 0 saturated carbocycles. The summed E-state index contributed by atoms with van der Waals surface area (Å²) in [4.78, 5) is 26.4. The van der Waals surface area contributed by atoms with Crippen molar-refractivity contribution in [1.29, 1.82) is 0 Å². The molecule has 0 aromatic heterocycles. The Balaban J connectivity index is 2.00. The van der Waals surface area contributed by atoms with Gasteiger partial charge in [0.15, 0.2) is 0 Å². The molecule has 0 bridgehead atoms. The quantitative estimate of drug-likeness (QED) is 0.520. The standard InChI is InChI=1S/C22H20F4N2O4/c1-3-31-20(29)18-17(12-32-16-6-4-5-14(11-16)22(24,25)26)28(2)21(30)27-19(18)13-7-9-15(23)10-8-13/h4-11,19H,3,12H2,1-2H3,(H,27,30)/t19-/m0/s1. The smallest absolute Gasteiger partial charge is 0.416 e. The maximum atomic E-state index is 13.4. The normalized spacial score (nSPS) is 16.6. The lowest BCUT2D eigenvalue weighted by Crippen LogP contribution is -2.48. The van der Waals surface area contributed by atoms with Crippen molar-refractivity contribution < 1.29 is 36.6 Å². The minimum atomic E-state index is -4.55. The first-order valence-corrected chi connectivity index (χ1v) is 9.61. The molecule has 0 fully saturated rings. The van der Waals surface area contributed by atoms with Gasteiger partial charge < -0.3 is 14.8 Å². The van der Waals surface area contributed by atoms with Crippen LogP contribution in [-0.4, -0.2) is 37.2 Å². The Morgan fingerprint density at radius 1 is 1.16 bits per heavy atom. The van der Waals surface area contributed by atoms with Gasteiger partial charge in [0.1, 0.15) is 18.2 Å². The van der Waals surface area contributed by atoms with Gasteiger partial charge in [-0.15, -0.1) is 0 Å². The Labute approximate surface area is 181 Å². The van der Waals surface area contributed by atoms with Crippen molar-refractivity contribution in [2.75, 3.05) is 20.3 Å². The van der Waals surface area contributed by atoms with Crippen LogP contribution >= 0.6 is 0 Å². The average molecular weight is 452 g/mol. The highest BCUT2D eigenvalue weighted by Crippen LogP contribution is 2.33. The van der Waals surface area contributed by atoms with Crippen LogP contribution in [0.1, 0.15) is 24.1 Å². The molecule has 2 aromatic rings. The van der Waals surface area contributed by atoms with Crippen LogP contribution in [0.5, 0.6) is 5.75 Å². The highest BCUT2D eigenvalue weighted by Gasteiger charge is 2.37. The highest BCUT2D eigenvalue weighted by molar-refractivity contribution is 5.95. The summed E-state index contributed by atoms with van der Waals surface area (Å²) in [5.41, 5.74) is -0.326. The van der Waals surface area contributed by atoms with Crippen molar-refractivity contribution in [3.05, 3.63) is 76.7 Å². The number of nitrogens with one attached hydrogen (secondary N) is 1. The molecule has 170 valence electrons. The fraction of sp³-hybridized carbons (Fsp3) is 0.273. The summed E-state index contributed by atoms with van der Waals surface area (Å²) in [5, 5.41) is 2.65. The van der Waals surface area contributed by atoms with Gasteiger partial charge in [0.25, 0.3) is 0 Å². The summed E-state index contributed by atoms with van der Waals surface area (Å²) in [6.45, 7) is 1.28. The van der Waals surface area contributed by atoms with Crippen LogP contribution in [0.4, 0.5) is 22.4 Å². The topological polar surface area (TPSA) is 67.9 Å². The number of benzene rings is 2. The van der Waals surface area contributed by atoms with Crippen molar-refractivity contribution in [3.63, 3.8) is 0 Å². The summed E-state index contributed by atoms with van der Waals surface area (Å²) < 4.78 is 63.0. The van der Waals surface area contributed by atoms with Gasteiger partial charge in [0.2, 0.25) is 0 Å². The minimum Gasteiger partial charge on any atom is -0.487 e. The average Bonchev–Trinajstić information content (AvgIpc) is 2.74. The third kappa shape index (κ3) is 5.01. The lowest BCUT2D eigenvalue weighted by atomic mass is 9.94. The fourth-order valence-corrected chi connectivity index (χ4v) is 3.20. The molecule has 10 heteroatoms. The number of likely N-dealkylation sites (N-methyl/N-ethyl adjacent to an activating group) is 1. The number of rotatable bonds is 6. The molecule has 1 atom stereocenters. The van der Waals surface area contributed by atoms with Crippen LogP contribution in [-0.2, 0) is 15.7 Å². The van der Waals surface area contributed by atoms with Gasteiger partial charge >= 0.3 is 18.2 Å². The van der Waals surface area contributed by atoms with Crippen molar-refractivity contribution in [2.45, 2.75) is 19.1 Å². The molecule has 32 heavy (non-hydrogen) atoms. The number of carbonyl (C=O) groups is 2. The van der Waals surface area contributed by atoms with Gasteiger partial charge in [-0.2, -0.15) is 13.2 Å². The van der Waals surface area contributed by atoms with E-state index in [1.807, 2.05) is 0 Å². The predicted molar refractivity (Wildman–Crippen MR) is 106 cm³/mol.